The highest BCUT2D eigenvalue weighted by Crippen LogP contribution is 2.32. The van der Waals surface area contributed by atoms with E-state index in [0.29, 0.717) is 5.92 Å². The molecular formula is C9H18O3S. The van der Waals surface area contributed by atoms with Crippen LogP contribution in [0.15, 0.2) is 0 Å². The molecule has 1 fully saturated rings. The Morgan fingerprint density at radius 1 is 1.46 bits per heavy atom. The topological polar surface area (TPSA) is 54.4 Å². The predicted octanol–water partition coefficient (Wildman–Crippen LogP) is 0.828. The molecule has 0 spiro atoms. The molecule has 3 nitrogen and oxygen atoms in total. The summed E-state index contributed by atoms with van der Waals surface area (Å²) >= 11 is 0. The summed E-state index contributed by atoms with van der Waals surface area (Å²) < 4.78 is 21.9. The normalized spacial score (nSPS) is 31.0. The van der Waals surface area contributed by atoms with E-state index in [1.807, 2.05) is 6.92 Å². The zero-order chi connectivity index (χ0) is 10.1. The van der Waals surface area contributed by atoms with Crippen LogP contribution in [0.25, 0.3) is 0 Å². The second-order valence-corrected chi connectivity index (χ2v) is 6.52. The molecule has 0 aliphatic heterocycles. The molecule has 0 aromatic carbocycles. The van der Waals surface area contributed by atoms with Gasteiger partial charge >= 0.3 is 0 Å². The predicted molar refractivity (Wildman–Crippen MR) is 52.2 cm³/mol. The molecule has 1 N–H and O–H groups in total. The Morgan fingerprint density at radius 3 is 2.38 bits per heavy atom. The van der Waals surface area contributed by atoms with E-state index in [4.69, 9.17) is 0 Å². The molecule has 4 heteroatoms. The highest BCUT2D eigenvalue weighted by atomic mass is 32.2. The molecule has 1 aliphatic carbocycles. The summed E-state index contributed by atoms with van der Waals surface area (Å²) in [6.07, 6.45) is 3.86. The summed E-state index contributed by atoms with van der Waals surface area (Å²) in [5.74, 6) is 0.766. The van der Waals surface area contributed by atoms with E-state index in [1.54, 1.807) is 0 Å². The third kappa shape index (κ3) is 3.65. The zero-order valence-corrected chi connectivity index (χ0v) is 9.05. The Kier molecular flexibility index (Phi) is 3.35. The van der Waals surface area contributed by atoms with Gasteiger partial charge in [-0.25, -0.2) is 8.42 Å². The Hall–Kier alpha value is -0.0900. The first-order chi connectivity index (χ1) is 5.88. The third-order valence-electron chi connectivity index (χ3n) is 2.67. The molecule has 0 aromatic heterocycles. The smallest absolute Gasteiger partial charge is 0.147 e. The molecule has 1 aliphatic rings. The standard InChI is InChI=1S/C9H18O3S/c1-7(6-13(2,11)12)5-8-3-4-9(8)10/h7-10H,3-6H2,1-2H3. The lowest BCUT2D eigenvalue weighted by Crippen LogP contribution is -2.33. The van der Waals surface area contributed by atoms with E-state index in [1.165, 1.54) is 6.26 Å². The molecule has 78 valence electrons. The van der Waals surface area contributed by atoms with Gasteiger partial charge < -0.3 is 5.11 Å². The summed E-state index contributed by atoms with van der Waals surface area (Å²) in [5.41, 5.74) is 0. The molecule has 0 aromatic rings. The molecule has 0 heterocycles. The van der Waals surface area contributed by atoms with Crippen LogP contribution < -0.4 is 0 Å². The number of aliphatic hydroxyl groups is 1. The van der Waals surface area contributed by atoms with Gasteiger partial charge in [0.15, 0.2) is 0 Å². The Bertz CT molecular complexity index is 258. The number of sulfone groups is 1. The fraction of sp³-hybridized carbons (Fsp3) is 1.00. The van der Waals surface area contributed by atoms with Crippen molar-refractivity contribution >= 4 is 9.84 Å². The van der Waals surface area contributed by atoms with E-state index >= 15 is 0 Å². The Balaban J connectivity index is 2.29. The maximum atomic E-state index is 10.9. The number of rotatable bonds is 4. The van der Waals surface area contributed by atoms with Gasteiger partial charge in [0.25, 0.3) is 0 Å². The first-order valence-corrected chi connectivity index (χ1v) is 6.80. The maximum absolute atomic E-state index is 10.9. The molecule has 13 heavy (non-hydrogen) atoms. The average molecular weight is 206 g/mol. The quantitative estimate of drug-likeness (QED) is 0.741. The van der Waals surface area contributed by atoms with Crippen molar-refractivity contribution in [3.8, 4) is 0 Å². The second-order valence-electron chi connectivity index (χ2n) is 4.34. The highest BCUT2D eigenvalue weighted by Gasteiger charge is 2.30. The summed E-state index contributed by atoms with van der Waals surface area (Å²) in [6, 6.07) is 0. The lowest BCUT2D eigenvalue weighted by Gasteiger charge is -2.34. The van der Waals surface area contributed by atoms with Crippen LogP contribution in [0.5, 0.6) is 0 Å². The fourth-order valence-corrected chi connectivity index (χ4v) is 3.10. The molecule has 0 saturated heterocycles. The monoisotopic (exact) mass is 206 g/mol. The van der Waals surface area contributed by atoms with E-state index in [-0.39, 0.29) is 17.8 Å². The molecule has 1 saturated carbocycles. The molecule has 0 amide bonds. The second kappa shape index (κ2) is 3.96. The van der Waals surface area contributed by atoms with Gasteiger partial charge in [0.1, 0.15) is 9.84 Å². The largest absolute Gasteiger partial charge is 0.393 e. The van der Waals surface area contributed by atoms with Crippen LogP contribution in [0, 0.1) is 11.8 Å². The van der Waals surface area contributed by atoms with E-state index in [9.17, 15) is 13.5 Å². The van der Waals surface area contributed by atoms with Crippen LogP contribution in [-0.4, -0.2) is 31.6 Å². The molecule has 0 radical (unpaired) electrons. The van der Waals surface area contributed by atoms with Crippen LogP contribution in [0.1, 0.15) is 26.2 Å². The van der Waals surface area contributed by atoms with E-state index < -0.39 is 9.84 Å². The van der Waals surface area contributed by atoms with Gasteiger partial charge in [0, 0.05) is 6.26 Å². The molecule has 3 atom stereocenters. The molecular weight excluding hydrogens is 188 g/mol. The van der Waals surface area contributed by atoms with Crippen molar-refractivity contribution in [3.05, 3.63) is 0 Å². The molecule has 1 rings (SSSR count). The maximum Gasteiger partial charge on any atom is 0.147 e. The van der Waals surface area contributed by atoms with Crippen LogP contribution in [0.2, 0.25) is 0 Å². The van der Waals surface area contributed by atoms with E-state index in [0.717, 1.165) is 19.3 Å². The van der Waals surface area contributed by atoms with Gasteiger partial charge in [-0.2, -0.15) is 0 Å². The third-order valence-corrected chi connectivity index (χ3v) is 3.84. The number of aliphatic hydroxyl groups excluding tert-OH is 1. The summed E-state index contributed by atoms with van der Waals surface area (Å²) in [4.78, 5) is 0. The number of hydrogen-bond donors (Lipinski definition) is 1. The van der Waals surface area contributed by atoms with Crippen molar-refractivity contribution in [2.45, 2.75) is 32.3 Å². The SMILES string of the molecule is CC(CC1CCC1O)CS(C)(=O)=O. The summed E-state index contributed by atoms with van der Waals surface area (Å²) in [5, 5.41) is 9.31. The van der Waals surface area contributed by atoms with Gasteiger partial charge in [0.2, 0.25) is 0 Å². The van der Waals surface area contributed by atoms with Gasteiger partial charge in [-0.05, 0) is 31.1 Å². The van der Waals surface area contributed by atoms with Gasteiger partial charge in [-0.1, -0.05) is 6.92 Å². The Labute approximate surface area is 80.1 Å². The van der Waals surface area contributed by atoms with Crippen molar-refractivity contribution < 1.29 is 13.5 Å². The first kappa shape index (κ1) is 11.0. The Morgan fingerprint density at radius 2 is 2.08 bits per heavy atom. The molecule has 0 bridgehead atoms. The van der Waals surface area contributed by atoms with Crippen molar-refractivity contribution in [3.63, 3.8) is 0 Å². The number of hydrogen-bond acceptors (Lipinski definition) is 3. The zero-order valence-electron chi connectivity index (χ0n) is 8.23. The lowest BCUT2D eigenvalue weighted by molar-refractivity contribution is 0.0132. The van der Waals surface area contributed by atoms with Crippen molar-refractivity contribution in [2.24, 2.45) is 11.8 Å². The average Bonchev–Trinajstić information content (AvgIpc) is 1.94. The lowest BCUT2D eigenvalue weighted by atomic mass is 9.77. The first-order valence-electron chi connectivity index (χ1n) is 4.74. The van der Waals surface area contributed by atoms with Gasteiger partial charge in [0.05, 0.1) is 11.9 Å². The van der Waals surface area contributed by atoms with Crippen molar-refractivity contribution in [1.82, 2.24) is 0 Å². The highest BCUT2D eigenvalue weighted by molar-refractivity contribution is 7.90. The minimum atomic E-state index is -2.85. The van der Waals surface area contributed by atoms with Crippen LogP contribution in [-0.2, 0) is 9.84 Å². The summed E-state index contributed by atoms with van der Waals surface area (Å²) in [7, 11) is -2.85. The van der Waals surface area contributed by atoms with Crippen molar-refractivity contribution in [2.75, 3.05) is 12.0 Å². The molecule has 3 unspecified atom stereocenters. The van der Waals surface area contributed by atoms with Crippen LogP contribution >= 0.6 is 0 Å². The van der Waals surface area contributed by atoms with Crippen LogP contribution in [0.4, 0.5) is 0 Å². The van der Waals surface area contributed by atoms with E-state index in [2.05, 4.69) is 0 Å². The fourth-order valence-electron chi connectivity index (χ4n) is 1.93. The minimum Gasteiger partial charge on any atom is -0.393 e. The van der Waals surface area contributed by atoms with Crippen molar-refractivity contribution in [1.29, 1.82) is 0 Å². The minimum absolute atomic E-state index is 0.176. The van der Waals surface area contributed by atoms with Gasteiger partial charge in [-0.15, -0.1) is 0 Å². The summed E-state index contributed by atoms with van der Waals surface area (Å²) in [6.45, 7) is 1.94. The van der Waals surface area contributed by atoms with Gasteiger partial charge in [-0.3, -0.25) is 0 Å². The van der Waals surface area contributed by atoms with Crippen LogP contribution in [0.3, 0.4) is 0 Å².